The smallest absolute Gasteiger partial charge is 0.269 e. The molecule has 0 saturated carbocycles. The number of hydroxylamine groups is 1. The zero-order valence-electron chi connectivity index (χ0n) is 10.8. The number of nitrogens with one attached hydrogen (secondary N) is 1. The van der Waals surface area contributed by atoms with Gasteiger partial charge in [0, 0.05) is 11.6 Å². The van der Waals surface area contributed by atoms with Crippen LogP contribution in [0, 0.1) is 15.9 Å². The molecule has 0 radical (unpaired) electrons. The van der Waals surface area contributed by atoms with E-state index in [1.165, 1.54) is 0 Å². The highest BCUT2D eigenvalue weighted by atomic mass is 19.1. The zero-order valence-corrected chi connectivity index (χ0v) is 10.8. The lowest BCUT2D eigenvalue weighted by atomic mass is 10.2. The van der Waals surface area contributed by atoms with E-state index in [9.17, 15) is 19.3 Å². The van der Waals surface area contributed by atoms with Crippen LogP contribution in [0.15, 0.2) is 48.5 Å². The first-order chi connectivity index (χ1) is 10.1. The molecule has 0 aliphatic rings. The maximum atomic E-state index is 13.2. The average molecular weight is 290 g/mol. The summed E-state index contributed by atoms with van der Waals surface area (Å²) in [4.78, 5) is 26.4. The van der Waals surface area contributed by atoms with Crippen molar-refractivity contribution < 1.29 is 18.9 Å². The van der Waals surface area contributed by atoms with Gasteiger partial charge in [0.05, 0.1) is 11.5 Å². The normalized spacial score (nSPS) is 10.1. The molecule has 0 unspecified atom stereocenters. The first kappa shape index (κ1) is 14.6. The summed E-state index contributed by atoms with van der Waals surface area (Å²) < 4.78 is 13.2. The molecule has 1 amide bonds. The number of hydrogen-bond acceptors (Lipinski definition) is 4. The van der Waals surface area contributed by atoms with Gasteiger partial charge in [-0.2, -0.15) is 4.39 Å². The number of rotatable bonds is 5. The standard InChI is InChI=1S/C14H11FN2O4/c15-12-7-6-11(8-13(12)17(19)20)14(18)16-21-9-10-4-2-1-3-5-10/h1-8H,9H2,(H,16,18). The van der Waals surface area contributed by atoms with Crippen molar-refractivity contribution in [3.05, 3.63) is 75.6 Å². The van der Waals surface area contributed by atoms with Crippen molar-refractivity contribution in [1.29, 1.82) is 0 Å². The molecule has 2 aromatic rings. The molecule has 108 valence electrons. The Kier molecular flexibility index (Phi) is 4.57. The number of nitrogens with zero attached hydrogens (tertiary/aromatic N) is 1. The number of carbonyl (C=O) groups is 1. The lowest BCUT2D eigenvalue weighted by Gasteiger charge is -2.06. The van der Waals surface area contributed by atoms with E-state index in [1.54, 1.807) is 0 Å². The molecule has 0 bridgehead atoms. The van der Waals surface area contributed by atoms with E-state index in [2.05, 4.69) is 5.48 Å². The topological polar surface area (TPSA) is 81.5 Å². The Morgan fingerprint density at radius 1 is 1.24 bits per heavy atom. The molecular formula is C14H11FN2O4. The number of hydrogen-bond donors (Lipinski definition) is 1. The predicted octanol–water partition coefficient (Wildman–Crippen LogP) is 2.60. The van der Waals surface area contributed by atoms with Crippen molar-refractivity contribution in [3.8, 4) is 0 Å². The first-order valence-electron chi connectivity index (χ1n) is 5.98. The van der Waals surface area contributed by atoms with E-state index >= 15 is 0 Å². The van der Waals surface area contributed by atoms with Gasteiger partial charge in [0.15, 0.2) is 0 Å². The second-order valence-electron chi connectivity index (χ2n) is 4.13. The Morgan fingerprint density at radius 2 is 1.95 bits per heavy atom. The van der Waals surface area contributed by atoms with Crippen molar-refractivity contribution in [1.82, 2.24) is 5.48 Å². The largest absolute Gasteiger partial charge is 0.305 e. The fraction of sp³-hybridized carbons (Fsp3) is 0.0714. The van der Waals surface area contributed by atoms with Crippen LogP contribution < -0.4 is 5.48 Å². The van der Waals surface area contributed by atoms with E-state index in [0.29, 0.717) is 0 Å². The summed E-state index contributed by atoms with van der Waals surface area (Å²) >= 11 is 0. The molecule has 2 rings (SSSR count). The molecule has 0 aliphatic carbocycles. The maximum absolute atomic E-state index is 13.2. The van der Waals surface area contributed by atoms with Gasteiger partial charge in [-0.25, -0.2) is 5.48 Å². The molecule has 21 heavy (non-hydrogen) atoms. The number of nitro groups is 1. The molecule has 6 nitrogen and oxygen atoms in total. The maximum Gasteiger partial charge on any atom is 0.305 e. The third kappa shape index (κ3) is 3.83. The minimum atomic E-state index is -0.998. The zero-order chi connectivity index (χ0) is 15.2. The van der Waals surface area contributed by atoms with E-state index < -0.39 is 22.3 Å². The van der Waals surface area contributed by atoms with Crippen molar-refractivity contribution in [3.63, 3.8) is 0 Å². The molecule has 0 saturated heterocycles. The fourth-order valence-electron chi connectivity index (χ4n) is 1.61. The third-order valence-electron chi connectivity index (χ3n) is 2.65. The minimum absolute atomic E-state index is 0.0591. The summed E-state index contributed by atoms with van der Waals surface area (Å²) in [5.74, 6) is -1.68. The molecule has 1 N–H and O–H groups in total. The van der Waals surface area contributed by atoms with Crippen LogP contribution in [0.3, 0.4) is 0 Å². The van der Waals surface area contributed by atoms with Crippen LogP contribution in [0.25, 0.3) is 0 Å². The Morgan fingerprint density at radius 3 is 2.62 bits per heavy atom. The summed E-state index contributed by atoms with van der Waals surface area (Å²) in [7, 11) is 0. The van der Waals surface area contributed by atoms with Crippen LogP contribution in [0.4, 0.5) is 10.1 Å². The highest BCUT2D eigenvalue weighted by Gasteiger charge is 2.17. The monoisotopic (exact) mass is 290 g/mol. The van der Waals surface area contributed by atoms with Crippen LogP contribution in [-0.4, -0.2) is 10.8 Å². The lowest BCUT2D eigenvalue weighted by molar-refractivity contribution is -0.387. The van der Waals surface area contributed by atoms with Crippen LogP contribution in [-0.2, 0) is 11.4 Å². The van der Waals surface area contributed by atoms with Crippen molar-refractivity contribution in [2.45, 2.75) is 6.61 Å². The minimum Gasteiger partial charge on any atom is -0.269 e. The second-order valence-corrected chi connectivity index (χ2v) is 4.13. The molecule has 7 heteroatoms. The van der Waals surface area contributed by atoms with E-state index in [-0.39, 0.29) is 12.2 Å². The Bertz CT molecular complexity index is 661. The van der Waals surface area contributed by atoms with Gasteiger partial charge in [-0.15, -0.1) is 0 Å². The molecule has 0 heterocycles. The molecule has 0 spiro atoms. The highest BCUT2D eigenvalue weighted by molar-refractivity contribution is 5.94. The van der Waals surface area contributed by atoms with Gasteiger partial charge >= 0.3 is 5.69 Å². The first-order valence-corrected chi connectivity index (χ1v) is 5.98. The van der Waals surface area contributed by atoms with E-state index in [0.717, 1.165) is 23.8 Å². The van der Waals surface area contributed by atoms with Crippen molar-refractivity contribution in [2.24, 2.45) is 0 Å². The van der Waals surface area contributed by atoms with Crippen LogP contribution in [0.5, 0.6) is 0 Å². The molecule has 0 fully saturated rings. The number of amides is 1. The summed E-state index contributed by atoms with van der Waals surface area (Å²) in [5, 5.41) is 10.6. The van der Waals surface area contributed by atoms with Gasteiger partial charge in [0.2, 0.25) is 5.82 Å². The average Bonchev–Trinajstić information content (AvgIpc) is 2.48. The quantitative estimate of drug-likeness (QED) is 0.678. The summed E-state index contributed by atoms with van der Waals surface area (Å²) in [6.07, 6.45) is 0. The number of carbonyl (C=O) groups excluding carboxylic acids is 1. The fourth-order valence-corrected chi connectivity index (χ4v) is 1.61. The molecule has 2 aromatic carbocycles. The molecule has 0 aromatic heterocycles. The lowest BCUT2D eigenvalue weighted by Crippen LogP contribution is -2.23. The van der Waals surface area contributed by atoms with Crippen molar-refractivity contribution >= 4 is 11.6 Å². The summed E-state index contributed by atoms with van der Waals surface area (Å²) in [6.45, 7) is 0.149. The SMILES string of the molecule is O=C(NOCc1ccccc1)c1ccc(F)c([N+](=O)[O-])c1. The van der Waals surface area contributed by atoms with Crippen LogP contribution in [0.1, 0.15) is 15.9 Å². The Balaban J connectivity index is 1.97. The van der Waals surface area contributed by atoms with Gasteiger partial charge in [-0.3, -0.25) is 19.7 Å². The van der Waals surface area contributed by atoms with Crippen LogP contribution in [0.2, 0.25) is 0 Å². The number of halogens is 1. The Hall–Kier alpha value is -2.80. The number of benzene rings is 2. The summed E-state index contributed by atoms with van der Waals surface area (Å²) in [6, 6.07) is 12.0. The third-order valence-corrected chi connectivity index (χ3v) is 2.65. The van der Waals surface area contributed by atoms with Crippen LogP contribution >= 0.6 is 0 Å². The van der Waals surface area contributed by atoms with Gasteiger partial charge in [0.1, 0.15) is 0 Å². The number of nitro benzene ring substituents is 1. The highest BCUT2D eigenvalue weighted by Crippen LogP contribution is 2.18. The van der Waals surface area contributed by atoms with E-state index in [1.807, 2.05) is 30.3 Å². The second kappa shape index (κ2) is 6.58. The Labute approximate surface area is 119 Å². The van der Waals surface area contributed by atoms with Gasteiger partial charge in [-0.05, 0) is 17.7 Å². The van der Waals surface area contributed by atoms with Gasteiger partial charge in [-0.1, -0.05) is 30.3 Å². The summed E-state index contributed by atoms with van der Waals surface area (Å²) in [5.41, 5.74) is 2.18. The van der Waals surface area contributed by atoms with Gasteiger partial charge in [0.25, 0.3) is 5.91 Å². The molecule has 0 aliphatic heterocycles. The van der Waals surface area contributed by atoms with Gasteiger partial charge < -0.3 is 0 Å². The van der Waals surface area contributed by atoms with E-state index in [4.69, 9.17) is 4.84 Å². The predicted molar refractivity (Wildman–Crippen MR) is 71.8 cm³/mol. The van der Waals surface area contributed by atoms with Crippen molar-refractivity contribution in [2.75, 3.05) is 0 Å². The molecule has 0 atom stereocenters. The molecular weight excluding hydrogens is 279 g/mol.